The number of hydrogen-bond acceptors (Lipinski definition) is 2. The van der Waals surface area contributed by atoms with Gasteiger partial charge in [-0.3, -0.25) is 4.79 Å². The van der Waals surface area contributed by atoms with Crippen molar-refractivity contribution in [1.29, 1.82) is 0 Å². The molecule has 1 N–H and O–H groups in total. The zero-order valence-corrected chi connectivity index (χ0v) is 13.1. The molecule has 0 atom stereocenters. The quantitative estimate of drug-likeness (QED) is 0.910. The van der Waals surface area contributed by atoms with Crippen molar-refractivity contribution in [3.05, 3.63) is 49.8 Å². The monoisotopic (exact) mass is 320 g/mol. The molecule has 0 amide bonds. The van der Waals surface area contributed by atoms with Crippen LogP contribution in [0.2, 0.25) is 0 Å². The standard InChI is InChI=1S/C15H17BrN2O/c1-8(2)13-10(4)17-14(18-15(13)19)11-6-5-9(3)7-12(11)16/h5-8H,1-4H3,(H,17,18,19). The van der Waals surface area contributed by atoms with Gasteiger partial charge in [0.15, 0.2) is 0 Å². The lowest BCUT2D eigenvalue weighted by molar-refractivity contribution is 0.814. The molecule has 0 unspecified atom stereocenters. The van der Waals surface area contributed by atoms with Gasteiger partial charge in [-0.15, -0.1) is 0 Å². The molecule has 0 spiro atoms. The van der Waals surface area contributed by atoms with Gasteiger partial charge in [0, 0.05) is 21.3 Å². The minimum absolute atomic E-state index is 0.0509. The molecule has 0 aliphatic carbocycles. The Morgan fingerprint density at radius 2 is 1.95 bits per heavy atom. The number of halogens is 1. The van der Waals surface area contributed by atoms with Crippen molar-refractivity contribution in [2.24, 2.45) is 0 Å². The van der Waals surface area contributed by atoms with Crippen molar-refractivity contribution in [2.75, 3.05) is 0 Å². The van der Waals surface area contributed by atoms with Crippen LogP contribution in [0.25, 0.3) is 11.4 Å². The van der Waals surface area contributed by atoms with E-state index in [1.165, 1.54) is 0 Å². The Hall–Kier alpha value is -1.42. The van der Waals surface area contributed by atoms with E-state index in [2.05, 4.69) is 25.9 Å². The fourth-order valence-corrected chi connectivity index (χ4v) is 2.90. The Labute approximate surface area is 121 Å². The molecule has 2 rings (SSSR count). The topological polar surface area (TPSA) is 45.8 Å². The first-order valence-electron chi connectivity index (χ1n) is 6.27. The molecule has 0 aliphatic heterocycles. The van der Waals surface area contributed by atoms with Gasteiger partial charge in [0.2, 0.25) is 0 Å². The smallest absolute Gasteiger partial charge is 0.254 e. The van der Waals surface area contributed by atoms with Crippen LogP contribution >= 0.6 is 15.9 Å². The lowest BCUT2D eigenvalue weighted by Gasteiger charge is -2.11. The normalized spacial score (nSPS) is 11.1. The van der Waals surface area contributed by atoms with E-state index in [4.69, 9.17) is 0 Å². The summed E-state index contributed by atoms with van der Waals surface area (Å²) in [6, 6.07) is 5.99. The first kappa shape index (κ1) is 14.0. The predicted molar refractivity (Wildman–Crippen MR) is 81.6 cm³/mol. The number of hydrogen-bond donors (Lipinski definition) is 1. The van der Waals surface area contributed by atoms with Gasteiger partial charge in [-0.25, -0.2) is 4.98 Å². The first-order valence-corrected chi connectivity index (χ1v) is 7.06. The second-order valence-electron chi connectivity index (χ2n) is 5.05. The molecule has 0 bridgehead atoms. The molecular formula is C15H17BrN2O. The third-order valence-corrected chi connectivity index (χ3v) is 3.76. The first-order chi connectivity index (χ1) is 8.90. The molecule has 19 heavy (non-hydrogen) atoms. The number of rotatable bonds is 2. The Balaban J connectivity index is 2.62. The van der Waals surface area contributed by atoms with Crippen molar-refractivity contribution < 1.29 is 0 Å². The summed E-state index contributed by atoms with van der Waals surface area (Å²) in [4.78, 5) is 19.6. The second kappa shape index (κ2) is 5.29. The maximum absolute atomic E-state index is 12.1. The van der Waals surface area contributed by atoms with E-state index < -0.39 is 0 Å². The summed E-state index contributed by atoms with van der Waals surface area (Å²) in [5.41, 5.74) is 3.56. The van der Waals surface area contributed by atoms with E-state index in [-0.39, 0.29) is 11.5 Å². The fourth-order valence-electron chi connectivity index (χ4n) is 2.21. The van der Waals surface area contributed by atoms with Crippen LogP contribution in [-0.2, 0) is 0 Å². The van der Waals surface area contributed by atoms with E-state index >= 15 is 0 Å². The van der Waals surface area contributed by atoms with E-state index in [9.17, 15) is 4.79 Å². The summed E-state index contributed by atoms with van der Waals surface area (Å²) < 4.78 is 0.937. The molecule has 3 nitrogen and oxygen atoms in total. The summed E-state index contributed by atoms with van der Waals surface area (Å²) in [6.45, 7) is 7.91. The third-order valence-electron chi connectivity index (χ3n) is 3.10. The van der Waals surface area contributed by atoms with E-state index in [0.29, 0.717) is 5.82 Å². The third kappa shape index (κ3) is 2.78. The van der Waals surface area contributed by atoms with Gasteiger partial charge in [0.1, 0.15) is 5.82 Å². The molecule has 1 heterocycles. The molecule has 4 heteroatoms. The predicted octanol–water partition coefficient (Wildman–Crippen LogP) is 3.94. The summed E-state index contributed by atoms with van der Waals surface area (Å²) in [7, 11) is 0. The maximum Gasteiger partial charge on any atom is 0.254 e. The summed E-state index contributed by atoms with van der Waals surface area (Å²) in [6.07, 6.45) is 0. The molecule has 0 fully saturated rings. The van der Waals surface area contributed by atoms with Gasteiger partial charge in [-0.05, 0) is 37.5 Å². The number of aromatic amines is 1. The average molecular weight is 321 g/mol. The highest BCUT2D eigenvalue weighted by Crippen LogP contribution is 2.26. The lowest BCUT2D eigenvalue weighted by atomic mass is 10.0. The zero-order chi connectivity index (χ0) is 14.2. The molecule has 100 valence electrons. The molecular weight excluding hydrogens is 304 g/mol. The van der Waals surface area contributed by atoms with Crippen molar-refractivity contribution in [2.45, 2.75) is 33.6 Å². The van der Waals surface area contributed by atoms with Gasteiger partial charge in [0.25, 0.3) is 5.56 Å². The van der Waals surface area contributed by atoms with Crippen LogP contribution in [0.5, 0.6) is 0 Å². The number of aromatic nitrogens is 2. The largest absolute Gasteiger partial charge is 0.306 e. The van der Waals surface area contributed by atoms with E-state index in [1.54, 1.807) is 0 Å². The van der Waals surface area contributed by atoms with Crippen LogP contribution in [0.4, 0.5) is 0 Å². The van der Waals surface area contributed by atoms with Gasteiger partial charge in [-0.1, -0.05) is 35.8 Å². The van der Waals surface area contributed by atoms with Crippen molar-refractivity contribution in [3.63, 3.8) is 0 Å². The van der Waals surface area contributed by atoms with Crippen LogP contribution in [0.15, 0.2) is 27.5 Å². The number of nitrogens with zero attached hydrogens (tertiary/aromatic N) is 1. The van der Waals surface area contributed by atoms with Crippen LogP contribution < -0.4 is 5.56 Å². The summed E-state index contributed by atoms with van der Waals surface area (Å²) in [5, 5.41) is 0. The minimum Gasteiger partial charge on any atom is -0.306 e. The molecule has 0 aliphatic rings. The Kier molecular flexibility index (Phi) is 3.90. The van der Waals surface area contributed by atoms with Gasteiger partial charge in [0.05, 0.1) is 0 Å². The number of nitrogens with one attached hydrogen (secondary N) is 1. The molecule has 0 saturated heterocycles. The summed E-state index contributed by atoms with van der Waals surface area (Å²) in [5.74, 6) is 0.783. The molecule has 0 radical (unpaired) electrons. The van der Waals surface area contributed by atoms with Gasteiger partial charge >= 0.3 is 0 Å². The fraction of sp³-hybridized carbons (Fsp3) is 0.333. The highest BCUT2D eigenvalue weighted by Gasteiger charge is 2.13. The SMILES string of the molecule is Cc1ccc(-c2nc(C)c(C(C)C)c(=O)[nH]2)c(Br)c1. The van der Waals surface area contributed by atoms with E-state index in [0.717, 1.165) is 26.9 Å². The highest BCUT2D eigenvalue weighted by atomic mass is 79.9. The van der Waals surface area contributed by atoms with Crippen molar-refractivity contribution in [1.82, 2.24) is 9.97 Å². The number of benzene rings is 1. The molecule has 1 aromatic heterocycles. The minimum atomic E-state index is -0.0509. The van der Waals surface area contributed by atoms with Crippen LogP contribution in [0.1, 0.15) is 36.6 Å². The van der Waals surface area contributed by atoms with E-state index in [1.807, 2.05) is 45.9 Å². The molecule has 2 aromatic rings. The number of H-pyrrole nitrogens is 1. The van der Waals surface area contributed by atoms with Gasteiger partial charge in [-0.2, -0.15) is 0 Å². The van der Waals surface area contributed by atoms with Crippen LogP contribution in [0.3, 0.4) is 0 Å². The Morgan fingerprint density at radius 3 is 2.47 bits per heavy atom. The van der Waals surface area contributed by atoms with Crippen LogP contribution in [0, 0.1) is 13.8 Å². The van der Waals surface area contributed by atoms with Gasteiger partial charge < -0.3 is 4.98 Å². The van der Waals surface area contributed by atoms with Crippen molar-refractivity contribution >= 4 is 15.9 Å². The maximum atomic E-state index is 12.1. The van der Waals surface area contributed by atoms with Crippen LogP contribution in [-0.4, -0.2) is 9.97 Å². The zero-order valence-electron chi connectivity index (χ0n) is 11.5. The Morgan fingerprint density at radius 1 is 1.26 bits per heavy atom. The summed E-state index contributed by atoms with van der Waals surface area (Å²) >= 11 is 3.52. The van der Waals surface area contributed by atoms with Crippen molar-refractivity contribution in [3.8, 4) is 11.4 Å². The number of aryl methyl sites for hydroxylation is 2. The second-order valence-corrected chi connectivity index (χ2v) is 5.91. The highest BCUT2D eigenvalue weighted by molar-refractivity contribution is 9.10. The lowest BCUT2D eigenvalue weighted by Crippen LogP contribution is -2.18. The molecule has 0 saturated carbocycles. The molecule has 1 aromatic carbocycles. The Bertz CT molecular complexity index is 674. The average Bonchev–Trinajstić information content (AvgIpc) is 2.26.